The summed E-state index contributed by atoms with van der Waals surface area (Å²) in [4.78, 5) is 25.4. The maximum Gasteiger partial charge on any atom is 0.224 e. The lowest BCUT2D eigenvalue weighted by Crippen LogP contribution is -2.47. The lowest BCUT2D eigenvalue weighted by atomic mass is 10.0. The monoisotopic (exact) mass is 340 g/mol. The predicted octanol–water partition coefficient (Wildman–Crippen LogP) is 3.03. The molecule has 2 heterocycles. The fourth-order valence-corrected chi connectivity index (χ4v) is 3.86. The number of carbonyl (C=O) groups is 1. The molecule has 2 fully saturated rings. The summed E-state index contributed by atoms with van der Waals surface area (Å²) in [5.41, 5.74) is 2.10. The van der Waals surface area contributed by atoms with Gasteiger partial charge in [-0.1, -0.05) is 26.0 Å². The molecule has 134 valence electrons. The van der Waals surface area contributed by atoms with Gasteiger partial charge in [0.1, 0.15) is 5.82 Å². The average molecular weight is 340 g/mol. The Kier molecular flexibility index (Phi) is 4.50. The summed E-state index contributed by atoms with van der Waals surface area (Å²) in [6.07, 6.45) is 3.20. The van der Waals surface area contributed by atoms with Crippen molar-refractivity contribution < 1.29 is 4.79 Å². The summed E-state index contributed by atoms with van der Waals surface area (Å²) in [5, 5.41) is 0. The zero-order chi connectivity index (χ0) is 17.4. The summed E-state index contributed by atoms with van der Waals surface area (Å²) >= 11 is 0. The van der Waals surface area contributed by atoms with Gasteiger partial charge in [0, 0.05) is 32.1 Å². The van der Waals surface area contributed by atoms with Crippen molar-refractivity contribution in [2.75, 3.05) is 19.6 Å². The number of carbonyl (C=O) groups excluding carboxylic acids is 1. The second-order valence-corrected chi connectivity index (χ2v) is 7.99. The first-order valence-corrected chi connectivity index (χ1v) is 9.55. The minimum Gasteiger partial charge on any atom is -0.341 e. The third kappa shape index (κ3) is 3.71. The number of hydrogen-bond acceptors (Lipinski definition) is 3. The van der Waals surface area contributed by atoms with Crippen LogP contribution in [0.15, 0.2) is 24.3 Å². The van der Waals surface area contributed by atoms with E-state index in [2.05, 4.69) is 34.7 Å². The predicted molar refractivity (Wildman–Crippen MR) is 99.1 cm³/mol. The van der Waals surface area contributed by atoms with E-state index in [1.54, 1.807) is 0 Å². The molecule has 1 unspecified atom stereocenters. The van der Waals surface area contributed by atoms with Crippen LogP contribution in [-0.4, -0.2) is 51.4 Å². The van der Waals surface area contributed by atoms with Gasteiger partial charge < -0.3 is 9.88 Å². The van der Waals surface area contributed by atoms with Gasteiger partial charge in [-0.05, 0) is 36.8 Å². The van der Waals surface area contributed by atoms with Crippen LogP contribution >= 0.6 is 0 Å². The Hall–Kier alpha value is -1.88. The van der Waals surface area contributed by atoms with Crippen molar-refractivity contribution in [2.24, 2.45) is 11.8 Å². The SMILES string of the molecule is CC(C)C1CN(Cc2nc3ccccc3[nH]2)CCC(=O)N1CC1CC1. The minimum absolute atomic E-state index is 0.306. The first-order valence-electron chi connectivity index (χ1n) is 9.55. The number of H-pyrrole nitrogens is 1. The van der Waals surface area contributed by atoms with Crippen molar-refractivity contribution in [1.82, 2.24) is 19.8 Å². The van der Waals surface area contributed by atoms with Crippen LogP contribution in [0.2, 0.25) is 0 Å². The van der Waals surface area contributed by atoms with E-state index in [1.807, 2.05) is 18.2 Å². The van der Waals surface area contributed by atoms with E-state index in [1.165, 1.54) is 12.8 Å². The Morgan fingerprint density at radius 2 is 2.08 bits per heavy atom. The molecule has 1 aromatic carbocycles. The molecule has 5 heteroatoms. The molecular weight excluding hydrogens is 312 g/mol. The molecule has 1 atom stereocenters. The summed E-state index contributed by atoms with van der Waals surface area (Å²) < 4.78 is 0. The average Bonchev–Trinajstić information content (AvgIpc) is 3.33. The highest BCUT2D eigenvalue weighted by Gasteiger charge is 2.35. The summed E-state index contributed by atoms with van der Waals surface area (Å²) in [7, 11) is 0. The van der Waals surface area contributed by atoms with E-state index in [9.17, 15) is 4.79 Å². The van der Waals surface area contributed by atoms with Gasteiger partial charge in [-0.25, -0.2) is 4.98 Å². The van der Waals surface area contributed by atoms with Gasteiger partial charge in [0.15, 0.2) is 0 Å². The standard InChI is InChI=1S/C20H28N4O/c1-14(2)18-12-23(10-9-20(25)24(18)11-15-7-8-15)13-19-21-16-5-3-4-6-17(16)22-19/h3-6,14-15,18H,7-13H2,1-2H3,(H,21,22). The maximum atomic E-state index is 12.7. The van der Waals surface area contributed by atoms with E-state index in [0.29, 0.717) is 24.3 Å². The van der Waals surface area contributed by atoms with Gasteiger partial charge in [0.05, 0.1) is 17.6 Å². The molecule has 1 aliphatic carbocycles. The Bertz CT molecular complexity index is 716. The molecule has 0 bridgehead atoms. The van der Waals surface area contributed by atoms with E-state index in [0.717, 1.165) is 49.0 Å². The molecule has 1 saturated carbocycles. The Labute approximate surface area is 149 Å². The second kappa shape index (κ2) is 6.79. The number of para-hydroxylation sites is 2. The van der Waals surface area contributed by atoms with Gasteiger partial charge in [0.25, 0.3) is 0 Å². The van der Waals surface area contributed by atoms with E-state index < -0.39 is 0 Å². The smallest absolute Gasteiger partial charge is 0.224 e. The highest BCUT2D eigenvalue weighted by atomic mass is 16.2. The molecule has 25 heavy (non-hydrogen) atoms. The number of fused-ring (bicyclic) bond motifs is 1. The van der Waals surface area contributed by atoms with Gasteiger partial charge in [0.2, 0.25) is 5.91 Å². The number of nitrogens with zero attached hydrogens (tertiary/aromatic N) is 3. The number of imidazole rings is 1. The van der Waals surface area contributed by atoms with Crippen molar-refractivity contribution >= 4 is 16.9 Å². The minimum atomic E-state index is 0.306. The number of rotatable bonds is 5. The summed E-state index contributed by atoms with van der Waals surface area (Å²) in [6.45, 7) is 7.97. The Balaban J connectivity index is 1.50. The lowest BCUT2D eigenvalue weighted by molar-refractivity contribution is -0.133. The highest BCUT2D eigenvalue weighted by molar-refractivity contribution is 5.77. The summed E-state index contributed by atoms with van der Waals surface area (Å²) in [5.74, 6) is 2.54. The molecule has 1 aromatic heterocycles. The number of benzene rings is 1. The number of nitrogens with one attached hydrogen (secondary N) is 1. The van der Waals surface area contributed by atoms with Gasteiger partial charge in [-0.2, -0.15) is 0 Å². The van der Waals surface area contributed by atoms with E-state index in [-0.39, 0.29) is 0 Å². The molecule has 1 amide bonds. The number of aromatic nitrogens is 2. The molecule has 4 rings (SSSR count). The molecule has 1 saturated heterocycles. The Morgan fingerprint density at radius 1 is 1.28 bits per heavy atom. The van der Waals surface area contributed by atoms with Gasteiger partial charge >= 0.3 is 0 Å². The third-order valence-corrected chi connectivity index (χ3v) is 5.54. The molecule has 2 aliphatic rings. The van der Waals surface area contributed by atoms with Crippen LogP contribution in [-0.2, 0) is 11.3 Å². The highest BCUT2D eigenvalue weighted by Crippen LogP contribution is 2.32. The number of hydrogen-bond donors (Lipinski definition) is 1. The summed E-state index contributed by atoms with van der Waals surface area (Å²) in [6, 6.07) is 8.45. The molecule has 0 radical (unpaired) electrons. The number of aromatic amines is 1. The first-order chi connectivity index (χ1) is 12.1. The van der Waals surface area contributed by atoms with Crippen LogP contribution in [0.5, 0.6) is 0 Å². The maximum absolute atomic E-state index is 12.7. The van der Waals surface area contributed by atoms with Crippen LogP contribution in [0.25, 0.3) is 11.0 Å². The third-order valence-electron chi connectivity index (χ3n) is 5.54. The van der Waals surface area contributed by atoms with Crippen molar-refractivity contribution in [3.8, 4) is 0 Å². The lowest BCUT2D eigenvalue weighted by Gasteiger charge is -2.34. The molecule has 1 N–H and O–H groups in total. The fourth-order valence-electron chi connectivity index (χ4n) is 3.86. The van der Waals surface area contributed by atoms with Crippen molar-refractivity contribution in [2.45, 2.75) is 45.7 Å². The van der Waals surface area contributed by atoms with E-state index in [4.69, 9.17) is 4.98 Å². The first kappa shape index (κ1) is 16.6. The largest absolute Gasteiger partial charge is 0.341 e. The normalized spacial score (nSPS) is 22.8. The zero-order valence-corrected chi connectivity index (χ0v) is 15.2. The van der Waals surface area contributed by atoms with Crippen LogP contribution in [0.1, 0.15) is 38.9 Å². The van der Waals surface area contributed by atoms with Gasteiger partial charge in [-0.3, -0.25) is 9.69 Å². The van der Waals surface area contributed by atoms with E-state index >= 15 is 0 Å². The molecule has 2 aromatic rings. The molecule has 1 aliphatic heterocycles. The molecular formula is C20H28N4O. The fraction of sp³-hybridized carbons (Fsp3) is 0.600. The van der Waals surface area contributed by atoms with Crippen molar-refractivity contribution in [1.29, 1.82) is 0 Å². The van der Waals surface area contributed by atoms with Crippen LogP contribution in [0.3, 0.4) is 0 Å². The molecule has 5 nitrogen and oxygen atoms in total. The topological polar surface area (TPSA) is 52.2 Å². The van der Waals surface area contributed by atoms with Crippen LogP contribution in [0.4, 0.5) is 0 Å². The van der Waals surface area contributed by atoms with Crippen molar-refractivity contribution in [3.63, 3.8) is 0 Å². The van der Waals surface area contributed by atoms with Gasteiger partial charge in [-0.15, -0.1) is 0 Å². The second-order valence-electron chi connectivity index (χ2n) is 7.99. The van der Waals surface area contributed by atoms with Crippen LogP contribution < -0.4 is 0 Å². The molecule has 0 spiro atoms. The van der Waals surface area contributed by atoms with Crippen molar-refractivity contribution in [3.05, 3.63) is 30.1 Å². The van der Waals surface area contributed by atoms with Crippen LogP contribution in [0, 0.1) is 11.8 Å². The quantitative estimate of drug-likeness (QED) is 0.910. The Morgan fingerprint density at radius 3 is 2.80 bits per heavy atom. The zero-order valence-electron chi connectivity index (χ0n) is 15.2. The number of amides is 1.